The third-order valence-electron chi connectivity index (χ3n) is 2.51. The van der Waals surface area contributed by atoms with Gasteiger partial charge in [-0.3, -0.25) is 0 Å². The number of nitrogens with two attached hydrogens (primary N) is 2. The summed E-state index contributed by atoms with van der Waals surface area (Å²) >= 11 is 13.2. The molecule has 2 aromatic rings. The lowest BCUT2D eigenvalue weighted by molar-refractivity contribution is 1.12. The van der Waals surface area contributed by atoms with Gasteiger partial charge in [0.25, 0.3) is 0 Å². The van der Waals surface area contributed by atoms with Crippen molar-refractivity contribution in [3.63, 3.8) is 0 Å². The second-order valence-electron chi connectivity index (χ2n) is 3.97. The molecule has 0 saturated heterocycles. The standard InChI is InChI=1S/C13H10Cl2N4S/c14-9-2-1-7(3-10(9)15)6-20-13-8(5-16)11(17)4-12(18)19-13/h1-4H,6H2,(H4,17,18,19). The highest BCUT2D eigenvalue weighted by Crippen LogP contribution is 2.30. The van der Waals surface area contributed by atoms with Gasteiger partial charge in [-0.2, -0.15) is 5.26 Å². The van der Waals surface area contributed by atoms with Crippen LogP contribution in [0.4, 0.5) is 11.5 Å². The van der Waals surface area contributed by atoms with Crippen molar-refractivity contribution >= 4 is 46.5 Å². The second kappa shape index (κ2) is 6.23. The van der Waals surface area contributed by atoms with E-state index >= 15 is 0 Å². The molecule has 0 aliphatic heterocycles. The van der Waals surface area contributed by atoms with Gasteiger partial charge >= 0.3 is 0 Å². The Morgan fingerprint density at radius 3 is 2.60 bits per heavy atom. The molecule has 0 radical (unpaired) electrons. The van der Waals surface area contributed by atoms with Crippen LogP contribution in [0.5, 0.6) is 0 Å². The Hall–Kier alpha value is -1.61. The zero-order valence-corrected chi connectivity index (χ0v) is 12.6. The molecule has 1 heterocycles. The van der Waals surface area contributed by atoms with Gasteiger partial charge in [-0.25, -0.2) is 4.98 Å². The maximum absolute atomic E-state index is 9.11. The van der Waals surface area contributed by atoms with Crippen LogP contribution in [0.1, 0.15) is 11.1 Å². The van der Waals surface area contributed by atoms with Gasteiger partial charge in [0, 0.05) is 11.8 Å². The highest BCUT2D eigenvalue weighted by Gasteiger charge is 2.10. The first kappa shape index (κ1) is 14.8. The second-order valence-corrected chi connectivity index (χ2v) is 5.74. The Bertz CT molecular complexity index is 698. The Morgan fingerprint density at radius 1 is 1.20 bits per heavy atom. The van der Waals surface area contributed by atoms with E-state index < -0.39 is 0 Å². The summed E-state index contributed by atoms with van der Waals surface area (Å²) in [6.07, 6.45) is 0. The van der Waals surface area contributed by atoms with Gasteiger partial charge in [0.15, 0.2) is 0 Å². The molecule has 0 aliphatic carbocycles. The topological polar surface area (TPSA) is 88.7 Å². The van der Waals surface area contributed by atoms with Crippen LogP contribution in [0.3, 0.4) is 0 Å². The Balaban J connectivity index is 2.23. The summed E-state index contributed by atoms with van der Waals surface area (Å²) in [5.74, 6) is 0.875. The minimum Gasteiger partial charge on any atom is -0.397 e. The molecule has 102 valence electrons. The van der Waals surface area contributed by atoms with Gasteiger partial charge in [0.2, 0.25) is 0 Å². The zero-order chi connectivity index (χ0) is 14.7. The van der Waals surface area contributed by atoms with Crippen LogP contribution >= 0.6 is 35.0 Å². The van der Waals surface area contributed by atoms with E-state index in [1.807, 2.05) is 12.1 Å². The van der Waals surface area contributed by atoms with Crippen molar-refractivity contribution in [2.24, 2.45) is 0 Å². The number of anilines is 2. The number of aromatic nitrogens is 1. The molecule has 7 heteroatoms. The number of nitrogen functional groups attached to an aromatic ring is 2. The van der Waals surface area contributed by atoms with Gasteiger partial charge in [-0.05, 0) is 17.7 Å². The van der Waals surface area contributed by atoms with Crippen LogP contribution in [-0.2, 0) is 5.75 Å². The minimum atomic E-state index is 0.290. The molecule has 0 aliphatic rings. The fourth-order valence-electron chi connectivity index (χ4n) is 1.56. The number of halogens is 2. The van der Waals surface area contributed by atoms with Crippen LogP contribution in [0, 0.1) is 11.3 Å². The molecule has 1 aromatic carbocycles. The predicted octanol–water partition coefficient (Wildman–Crippen LogP) is 3.72. The van der Waals surface area contributed by atoms with Crippen molar-refractivity contribution in [1.29, 1.82) is 5.26 Å². The van der Waals surface area contributed by atoms with Crippen LogP contribution in [0.2, 0.25) is 10.0 Å². The van der Waals surface area contributed by atoms with Gasteiger partial charge in [-0.1, -0.05) is 29.3 Å². The molecule has 0 atom stereocenters. The lowest BCUT2D eigenvalue weighted by atomic mass is 10.2. The fourth-order valence-corrected chi connectivity index (χ4v) is 2.84. The summed E-state index contributed by atoms with van der Waals surface area (Å²) in [5.41, 5.74) is 13.0. The maximum Gasteiger partial charge on any atom is 0.126 e. The summed E-state index contributed by atoms with van der Waals surface area (Å²) in [6, 6.07) is 8.88. The van der Waals surface area contributed by atoms with Crippen LogP contribution in [0.25, 0.3) is 0 Å². The van der Waals surface area contributed by atoms with E-state index in [-0.39, 0.29) is 5.82 Å². The third kappa shape index (κ3) is 3.28. The number of hydrogen-bond donors (Lipinski definition) is 2. The van der Waals surface area contributed by atoms with Crippen molar-refractivity contribution in [3.05, 3.63) is 45.4 Å². The Kier molecular flexibility index (Phi) is 4.61. The largest absolute Gasteiger partial charge is 0.397 e. The summed E-state index contributed by atoms with van der Waals surface area (Å²) < 4.78 is 0. The summed E-state index contributed by atoms with van der Waals surface area (Å²) in [7, 11) is 0. The molecule has 0 bridgehead atoms. The van der Waals surface area contributed by atoms with E-state index in [2.05, 4.69) is 4.98 Å². The van der Waals surface area contributed by atoms with Crippen LogP contribution < -0.4 is 11.5 Å². The van der Waals surface area contributed by atoms with Gasteiger partial charge < -0.3 is 11.5 Å². The number of rotatable bonds is 3. The van der Waals surface area contributed by atoms with Crippen LogP contribution in [-0.4, -0.2) is 4.98 Å². The normalized spacial score (nSPS) is 10.2. The SMILES string of the molecule is N#Cc1c(N)cc(N)nc1SCc1ccc(Cl)c(Cl)c1. The number of hydrogen-bond acceptors (Lipinski definition) is 5. The molecule has 1 aromatic heterocycles. The fraction of sp³-hybridized carbons (Fsp3) is 0.0769. The van der Waals surface area contributed by atoms with Crippen LogP contribution in [0.15, 0.2) is 29.3 Å². The minimum absolute atomic E-state index is 0.290. The molecule has 4 nitrogen and oxygen atoms in total. The van der Waals surface area contributed by atoms with E-state index in [9.17, 15) is 0 Å². The van der Waals surface area contributed by atoms with E-state index in [1.54, 1.807) is 12.1 Å². The molecule has 0 saturated carbocycles. The summed E-state index contributed by atoms with van der Waals surface area (Å²) in [4.78, 5) is 4.14. The average Bonchev–Trinajstić information content (AvgIpc) is 2.39. The molecule has 0 unspecified atom stereocenters. The summed E-state index contributed by atoms with van der Waals surface area (Å²) in [5, 5.41) is 10.6. The number of pyridine rings is 1. The lowest BCUT2D eigenvalue weighted by Gasteiger charge is -2.07. The zero-order valence-electron chi connectivity index (χ0n) is 10.2. The van der Waals surface area contributed by atoms with Crippen molar-refractivity contribution < 1.29 is 0 Å². The van der Waals surface area contributed by atoms with E-state index in [0.717, 1.165) is 5.56 Å². The molecular weight excluding hydrogens is 315 g/mol. The summed E-state index contributed by atoms with van der Waals surface area (Å²) in [6.45, 7) is 0. The number of nitriles is 1. The first-order valence-electron chi connectivity index (χ1n) is 5.54. The van der Waals surface area contributed by atoms with Crippen molar-refractivity contribution in [2.75, 3.05) is 11.5 Å². The molecular formula is C13H10Cl2N4S. The maximum atomic E-state index is 9.11. The molecule has 2 rings (SSSR count). The monoisotopic (exact) mass is 324 g/mol. The number of nitrogens with zero attached hydrogens (tertiary/aromatic N) is 2. The molecule has 0 amide bonds. The quantitative estimate of drug-likeness (QED) is 0.840. The number of thioether (sulfide) groups is 1. The lowest BCUT2D eigenvalue weighted by Crippen LogP contribution is -2.00. The Labute approximate surface area is 130 Å². The molecule has 20 heavy (non-hydrogen) atoms. The average molecular weight is 325 g/mol. The Morgan fingerprint density at radius 2 is 1.95 bits per heavy atom. The first-order chi connectivity index (χ1) is 9.51. The van der Waals surface area contributed by atoms with E-state index in [0.29, 0.717) is 32.1 Å². The third-order valence-corrected chi connectivity index (χ3v) is 4.29. The highest BCUT2D eigenvalue weighted by atomic mass is 35.5. The predicted molar refractivity (Wildman–Crippen MR) is 83.8 cm³/mol. The van der Waals surface area contributed by atoms with Gasteiger partial charge in [0.1, 0.15) is 22.5 Å². The van der Waals surface area contributed by atoms with Crippen molar-refractivity contribution in [1.82, 2.24) is 4.98 Å². The molecule has 0 spiro atoms. The highest BCUT2D eigenvalue weighted by molar-refractivity contribution is 7.98. The van der Waals surface area contributed by atoms with Crippen molar-refractivity contribution in [3.8, 4) is 6.07 Å². The van der Waals surface area contributed by atoms with Gasteiger partial charge in [-0.15, -0.1) is 11.8 Å². The smallest absolute Gasteiger partial charge is 0.126 e. The first-order valence-corrected chi connectivity index (χ1v) is 7.28. The van der Waals surface area contributed by atoms with E-state index in [4.69, 9.17) is 39.9 Å². The molecule has 4 N–H and O–H groups in total. The molecule has 0 fully saturated rings. The van der Waals surface area contributed by atoms with E-state index in [1.165, 1.54) is 17.8 Å². The van der Waals surface area contributed by atoms with Crippen molar-refractivity contribution in [2.45, 2.75) is 10.8 Å². The number of benzene rings is 1. The van der Waals surface area contributed by atoms with Gasteiger partial charge in [0.05, 0.1) is 15.7 Å².